The molecule has 1 aromatic rings. The lowest BCUT2D eigenvalue weighted by molar-refractivity contribution is 0.0598. The van der Waals surface area contributed by atoms with Gasteiger partial charge in [0.1, 0.15) is 16.4 Å². The monoisotopic (exact) mass is 187 g/mol. The minimum atomic E-state index is -0.467. The molecule has 1 rings (SSSR count). The van der Waals surface area contributed by atoms with E-state index in [1.54, 1.807) is 0 Å². The van der Waals surface area contributed by atoms with Crippen molar-refractivity contribution in [1.29, 1.82) is 0 Å². The van der Waals surface area contributed by atoms with Crippen molar-refractivity contribution in [2.75, 3.05) is 19.1 Å². The van der Waals surface area contributed by atoms with Crippen molar-refractivity contribution in [3.05, 3.63) is 5.56 Å². The van der Waals surface area contributed by atoms with Crippen LogP contribution in [-0.4, -0.2) is 29.5 Å². The van der Waals surface area contributed by atoms with Gasteiger partial charge in [0.2, 0.25) is 0 Å². The number of carbonyl (C=O) groups is 1. The molecule has 12 heavy (non-hydrogen) atoms. The van der Waals surface area contributed by atoms with Crippen molar-refractivity contribution >= 4 is 23.5 Å². The molecule has 0 amide bonds. The maximum absolute atomic E-state index is 11.1. The molecule has 0 bridgehead atoms. The summed E-state index contributed by atoms with van der Waals surface area (Å²) in [5, 5.41) is 6.88. The number of hydrogen-bond acceptors (Lipinski definition) is 5. The van der Waals surface area contributed by atoms with Crippen LogP contribution in [-0.2, 0) is 4.74 Å². The van der Waals surface area contributed by atoms with Crippen LogP contribution in [0.1, 0.15) is 10.4 Å². The zero-order valence-electron chi connectivity index (χ0n) is 6.75. The Labute approximate surface area is 73.7 Å². The lowest BCUT2D eigenvalue weighted by Crippen LogP contribution is -2.04. The van der Waals surface area contributed by atoms with E-state index in [2.05, 4.69) is 14.9 Å². The predicted molar refractivity (Wildman–Crippen MR) is 46.1 cm³/mol. The van der Waals surface area contributed by atoms with Gasteiger partial charge in [0, 0.05) is 0 Å². The van der Waals surface area contributed by atoms with Gasteiger partial charge in [0.25, 0.3) is 0 Å². The van der Waals surface area contributed by atoms with E-state index in [9.17, 15) is 4.79 Å². The van der Waals surface area contributed by atoms with Gasteiger partial charge in [-0.3, -0.25) is 5.10 Å². The lowest BCUT2D eigenvalue weighted by atomic mass is 10.3. The third kappa shape index (κ3) is 1.38. The van der Waals surface area contributed by atoms with Crippen LogP contribution in [0.3, 0.4) is 0 Å². The van der Waals surface area contributed by atoms with E-state index < -0.39 is 5.97 Å². The average molecular weight is 187 g/mol. The molecule has 6 heteroatoms. The van der Waals surface area contributed by atoms with Crippen molar-refractivity contribution < 1.29 is 9.53 Å². The number of carbonyl (C=O) groups excluding carboxylic acids is 1. The van der Waals surface area contributed by atoms with Crippen molar-refractivity contribution in [1.82, 2.24) is 10.2 Å². The molecule has 3 N–H and O–H groups in total. The van der Waals surface area contributed by atoms with Gasteiger partial charge < -0.3 is 10.5 Å². The second-order valence-electron chi connectivity index (χ2n) is 2.01. The van der Waals surface area contributed by atoms with Crippen molar-refractivity contribution in [3.63, 3.8) is 0 Å². The van der Waals surface area contributed by atoms with Crippen LogP contribution in [0.2, 0.25) is 0 Å². The molecule has 0 atom stereocenters. The molecule has 66 valence electrons. The molecule has 0 radical (unpaired) electrons. The smallest absolute Gasteiger partial charge is 0.344 e. The number of aromatic amines is 1. The quantitative estimate of drug-likeness (QED) is 0.520. The SMILES string of the molecule is COC(=O)c1c(SC)n[nH]c1N. The lowest BCUT2D eigenvalue weighted by Gasteiger charge is -1.97. The molecule has 0 aliphatic heterocycles. The predicted octanol–water partition coefficient (Wildman–Crippen LogP) is 0.500. The van der Waals surface area contributed by atoms with E-state index in [4.69, 9.17) is 5.73 Å². The third-order valence-electron chi connectivity index (χ3n) is 1.34. The summed E-state index contributed by atoms with van der Waals surface area (Å²) in [5.74, 6) is -0.225. The van der Waals surface area contributed by atoms with Gasteiger partial charge in [-0.15, -0.1) is 11.8 Å². The van der Waals surface area contributed by atoms with E-state index in [-0.39, 0.29) is 5.82 Å². The summed E-state index contributed by atoms with van der Waals surface area (Å²) in [4.78, 5) is 11.1. The normalized spacial score (nSPS) is 9.83. The van der Waals surface area contributed by atoms with Gasteiger partial charge in [-0.25, -0.2) is 4.79 Å². The number of nitrogen functional groups attached to an aromatic ring is 1. The second-order valence-corrected chi connectivity index (χ2v) is 2.81. The van der Waals surface area contributed by atoms with Crippen molar-refractivity contribution in [2.24, 2.45) is 0 Å². The first kappa shape index (κ1) is 8.92. The Kier molecular flexibility index (Phi) is 2.59. The number of ether oxygens (including phenoxy) is 1. The molecular formula is C6H9N3O2S. The Morgan fingerprint density at radius 3 is 2.92 bits per heavy atom. The maximum Gasteiger partial charge on any atom is 0.344 e. The molecule has 1 heterocycles. The zero-order valence-corrected chi connectivity index (χ0v) is 7.57. The van der Waals surface area contributed by atoms with Gasteiger partial charge >= 0.3 is 5.97 Å². The molecule has 0 aliphatic carbocycles. The standard InChI is InChI=1S/C6H9N3O2S/c1-11-6(10)3-4(7)8-9-5(3)12-2/h1-2H3,(H3,7,8,9). The maximum atomic E-state index is 11.1. The van der Waals surface area contributed by atoms with Gasteiger partial charge in [-0.2, -0.15) is 5.10 Å². The molecule has 0 saturated carbocycles. The average Bonchev–Trinajstić information content (AvgIpc) is 2.45. The summed E-state index contributed by atoms with van der Waals surface area (Å²) < 4.78 is 4.53. The fraction of sp³-hybridized carbons (Fsp3) is 0.333. The van der Waals surface area contributed by atoms with Gasteiger partial charge in [-0.1, -0.05) is 0 Å². The highest BCUT2D eigenvalue weighted by molar-refractivity contribution is 7.98. The number of nitrogens with one attached hydrogen (secondary N) is 1. The minimum Gasteiger partial charge on any atom is -0.465 e. The number of nitrogens with two attached hydrogens (primary N) is 1. The summed E-state index contributed by atoms with van der Waals surface area (Å²) in [5.41, 5.74) is 5.77. The van der Waals surface area contributed by atoms with E-state index in [0.717, 1.165) is 0 Å². The van der Waals surface area contributed by atoms with E-state index >= 15 is 0 Å². The number of anilines is 1. The van der Waals surface area contributed by atoms with Crippen LogP contribution in [0.15, 0.2) is 5.03 Å². The first-order valence-electron chi connectivity index (χ1n) is 3.16. The van der Waals surface area contributed by atoms with Gasteiger partial charge in [0.15, 0.2) is 0 Å². The Morgan fingerprint density at radius 2 is 2.42 bits per heavy atom. The number of H-pyrrole nitrogens is 1. The van der Waals surface area contributed by atoms with Crippen LogP contribution < -0.4 is 5.73 Å². The zero-order chi connectivity index (χ0) is 9.14. The summed E-state index contributed by atoms with van der Waals surface area (Å²) in [7, 11) is 1.30. The minimum absolute atomic E-state index is 0.242. The summed E-state index contributed by atoms with van der Waals surface area (Å²) in [6.07, 6.45) is 1.81. The largest absolute Gasteiger partial charge is 0.465 e. The second kappa shape index (κ2) is 3.48. The van der Waals surface area contributed by atoms with Gasteiger partial charge in [-0.05, 0) is 6.26 Å². The van der Waals surface area contributed by atoms with Gasteiger partial charge in [0.05, 0.1) is 7.11 Å². The molecular weight excluding hydrogens is 178 g/mol. The first-order valence-corrected chi connectivity index (χ1v) is 4.39. The van der Waals surface area contributed by atoms with Crippen LogP contribution in [0.25, 0.3) is 0 Å². The molecule has 0 fully saturated rings. The highest BCUT2D eigenvalue weighted by Gasteiger charge is 2.18. The molecule has 0 aliphatic rings. The van der Waals surface area contributed by atoms with E-state index in [1.807, 2.05) is 6.26 Å². The van der Waals surface area contributed by atoms with E-state index in [0.29, 0.717) is 10.6 Å². The van der Waals surface area contributed by atoms with Crippen molar-refractivity contribution in [3.8, 4) is 0 Å². The molecule has 0 saturated heterocycles. The van der Waals surface area contributed by atoms with Crippen LogP contribution >= 0.6 is 11.8 Å². The Morgan fingerprint density at radius 1 is 1.75 bits per heavy atom. The molecule has 0 spiro atoms. The number of methoxy groups -OCH3 is 1. The van der Waals surface area contributed by atoms with E-state index in [1.165, 1.54) is 18.9 Å². The number of aromatic nitrogens is 2. The Hall–Kier alpha value is -1.17. The van der Waals surface area contributed by atoms with Crippen molar-refractivity contribution in [2.45, 2.75) is 5.03 Å². The summed E-state index contributed by atoms with van der Waals surface area (Å²) >= 11 is 1.34. The molecule has 0 aromatic carbocycles. The van der Waals surface area contributed by atoms with Crippen LogP contribution in [0.5, 0.6) is 0 Å². The highest BCUT2D eigenvalue weighted by atomic mass is 32.2. The van der Waals surface area contributed by atoms with Crippen LogP contribution in [0, 0.1) is 0 Å². The topological polar surface area (TPSA) is 81.0 Å². The van der Waals surface area contributed by atoms with Crippen LogP contribution in [0.4, 0.5) is 5.82 Å². The number of nitrogens with zero attached hydrogens (tertiary/aromatic N) is 1. The summed E-state index contributed by atoms with van der Waals surface area (Å²) in [6, 6.07) is 0. The third-order valence-corrected chi connectivity index (χ3v) is 2.03. The first-order chi connectivity index (χ1) is 5.70. The molecule has 0 unspecified atom stereocenters. The highest BCUT2D eigenvalue weighted by Crippen LogP contribution is 2.22. The Bertz CT molecular complexity index is 297. The fourth-order valence-electron chi connectivity index (χ4n) is 0.785. The fourth-order valence-corrected chi connectivity index (χ4v) is 1.32. The number of rotatable bonds is 2. The number of esters is 1. The number of thioether (sulfide) groups is 1. The Balaban J connectivity index is 3.10. The summed E-state index contributed by atoms with van der Waals surface area (Å²) in [6.45, 7) is 0. The molecule has 5 nitrogen and oxygen atoms in total. The number of hydrogen-bond donors (Lipinski definition) is 2. The molecule has 1 aromatic heterocycles.